The van der Waals surface area contributed by atoms with Crippen LogP contribution in [-0.4, -0.2) is 44.9 Å². The van der Waals surface area contributed by atoms with Crippen molar-refractivity contribution < 1.29 is 9.84 Å². The molecular formula is C30H36N4O3. The molecule has 7 nitrogen and oxygen atoms in total. The molecule has 5 rings (SSSR count). The van der Waals surface area contributed by atoms with E-state index in [0.717, 1.165) is 61.4 Å². The third-order valence-corrected chi connectivity index (χ3v) is 7.44. The van der Waals surface area contributed by atoms with Crippen molar-refractivity contribution in [1.82, 2.24) is 19.4 Å². The van der Waals surface area contributed by atoms with Crippen molar-refractivity contribution in [2.45, 2.75) is 38.1 Å². The van der Waals surface area contributed by atoms with Crippen LogP contribution >= 0.6 is 0 Å². The highest BCUT2D eigenvalue weighted by molar-refractivity contribution is 5.77. The molecule has 2 heterocycles. The molecule has 0 aliphatic carbocycles. The Labute approximate surface area is 217 Å². The molecule has 1 unspecified atom stereocenters. The summed E-state index contributed by atoms with van der Waals surface area (Å²) in [7, 11) is 3.49. The van der Waals surface area contributed by atoms with Crippen LogP contribution in [0.1, 0.15) is 35.6 Å². The maximum absolute atomic E-state index is 12.2. The summed E-state index contributed by atoms with van der Waals surface area (Å²) in [4.78, 5) is 14.7. The number of aryl methyl sites for hydroxylation is 2. The van der Waals surface area contributed by atoms with E-state index in [9.17, 15) is 9.90 Å². The number of aromatic nitrogens is 2. The van der Waals surface area contributed by atoms with E-state index < -0.39 is 6.10 Å². The number of hydrogen-bond acceptors (Lipinski definition) is 5. The Balaban J connectivity index is 1.07. The predicted molar refractivity (Wildman–Crippen MR) is 147 cm³/mol. The molecule has 2 N–H and O–H groups in total. The Hall–Kier alpha value is -3.39. The molecule has 0 spiro atoms. The van der Waals surface area contributed by atoms with Crippen LogP contribution < -0.4 is 15.7 Å². The quantitative estimate of drug-likeness (QED) is 0.366. The first-order valence-corrected chi connectivity index (χ1v) is 13.0. The molecule has 7 heteroatoms. The fourth-order valence-corrected chi connectivity index (χ4v) is 5.11. The van der Waals surface area contributed by atoms with E-state index in [2.05, 4.69) is 52.7 Å². The lowest BCUT2D eigenvalue weighted by Gasteiger charge is -2.32. The normalized spacial score (nSPS) is 15.8. The number of aliphatic hydroxyl groups is 1. The summed E-state index contributed by atoms with van der Waals surface area (Å²) in [5, 5.41) is 14.4. The van der Waals surface area contributed by atoms with E-state index in [0.29, 0.717) is 6.04 Å². The maximum Gasteiger partial charge on any atom is 0.328 e. The van der Waals surface area contributed by atoms with Gasteiger partial charge >= 0.3 is 5.69 Å². The second-order valence-corrected chi connectivity index (χ2v) is 10.0. The van der Waals surface area contributed by atoms with E-state index in [-0.39, 0.29) is 12.3 Å². The lowest BCUT2D eigenvalue weighted by atomic mass is 10.0. The molecule has 0 amide bonds. The molecule has 4 aromatic rings. The molecule has 194 valence electrons. The molecule has 3 aromatic carbocycles. The monoisotopic (exact) mass is 500 g/mol. The number of likely N-dealkylation sites (tertiary alicyclic amines) is 1. The minimum Gasteiger partial charge on any atom is -0.491 e. The van der Waals surface area contributed by atoms with Gasteiger partial charge in [-0.2, -0.15) is 0 Å². The molecule has 1 fully saturated rings. The molecule has 1 aliphatic heterocycles. The second kappa shape index (κ2) is 11.3. The van der Waals surface area contributed by atoms with Crippen LogP contribution in [0.2, 0.25) is 0 Å². The van der Waals surface area contributed by atoms with Gasteiger partial charge in [0.05, 0.1) is 11.0 Å². The van der Waals surface area contributed by atoms with Gasteiger partial charge in [0.2, 0.25) is 0 Å². The van der Waals surface area contributed by atoms with E-state index in [4.69, 9.17) is 4.74 Å². The zero-order valence-electron chi connectivity index (χ0n) is 21.6. The molecule has 1 aromatic heterocycles. The van der Waals surface area contributed by atoms with Gasteiger partial charge in [-0.25, -0.2) is 4.79 Å². The average Bonchev–Trinajstić information content (AvgIpc) is 3.15. The number of ether oxygens (including phenoxy) is 1. The third kappa shape index (κ3) is 5.96. The molecule has 37 heavy (non-hydrogen) atoms. The number of benzene rings is 3. The first-order valence-electron chi connectivity index (χ1n) is 13.0. The van der Waals surface area contributed by atoms with Crippen molar-refractivity contribution >= 4 is 11.0 Å². The zero-order valence-corrected chi connectivity index (χ0v) is 21.6. The fraction of sp³-hybridized carbons (Fsp3) is 0.367. The number of hydrogen-bond donors (Lipinski definition) is 2. The predicted octanol–water partition coefficient (Wildman–Crippen LogP) is 3.74. The number of rotatable bonds is 9. The molecule has 1 atom stereocenters. The van der Waals surface area contributed by atoms with Crippen molar-refractivity contribution in [3.8, 4) is 5.75 Å². The van der Waals surface area contributed by atoms with Crippen LogP contribution in [0.4, 0.5) is 0 Å². The highest BCUT2D eigenvalue weighted by Crippen LogP contribution is 2.21. The van der Waals surface area contributed by atoms with Crippen LogP contribution in [0, 0.1) is 0 Å². The van der Waals surface area contributed by atoms with Gasteiger partial charge < -0.3 is 15.2 Å². The minimum atomic E-state index is -0.784. The third-order valence-electron chi connectivity index (χ3n) is 7.44. The van der Waals surface area contributed by atoms with Gasteiger partial charge in [0.1, 0.15) is 18.5 Å². The molecule has 1 aliphatic rings. The van der Waals surface area contributed by atoms with Crippen LogP contribution in [-0.2, 0) is 27.2 Å². The van der Waals surface area contributed by atoms with Gasteiger partial charge in [-0.05, 0) is 66.9 Å². The van der Waals surface area contributed by atoms with Gasteiger partial charge in [0.15, 0.2) is 0 Å². The lowest BCUT2D eigenvalue weighted by Crippen LogP contribution is -2.41. The second-order valence-electron chi connectivity index (χ2n) is 10.0. The summed E-state index contributed by atoms with van der Waals surface area (Å²) < 4.78 is 9.05. The Morgan fingerprint density at radius 3 is 2.35 bits per heavy atom. The number of piperidine rings is 1. The Morgan fingerprint density at radius 1 is 0.919 bits per heavy atom. The largest absolute Gasteiger partial charge is 0.491 e. The highest BCUT2D eigenvalue weighted by Gasteiger charge is 2.19. The smallest absolute Gasteiger partial charge is 0.328 e. The Morgan fingerprint density at radius 2 is 1.62 bits per heavy atom. The standard InChI is InChI=1S/C30H36N4O3/c1-32-27-13-10-24(18-28(27)33(2)30(32)36)29(35)21-37-26-11-8-22(9-12-26)19-31-25-14-16-34(17-15-25)20-23-6-4-3-5-7-23/h3-13,18,25,29,31,35H,14-17,19-21H2,1-2H3. The summed E-state index contributed by atoms with van der Waals surface area (Å²) in [6.07, 6.45) is 1.54. The first kappa shape index (κ1) is 25.3. The van der Waals surface area contributed by atoms with E-state index in [1.165, 1.54) is 11.1 Å². The first-order chi connectivity index (χ1) is 18.0. The SMILES string of the molecule is Cn1c(=O)n(C)c2cc(C(O)COc3ccc(CNC4CCN(Cc5ccccc5)CC4)cc3)ccc21. The van der Waals surface area contributed by atoms with E-state index >= 15 is 0 Å². The molecule has 0 saturated carbocycles. The van der Waals surface area contributed by atoms with Gasteiger partial charge in [-0.15, -0.1) is 0 Å². The number of fused-ring (bicyclic) bond motifs is 1. The fourth-order valence-electron chi connectivity index (χ4n) is 5.11. The molecule has 1 saturated heterocycles. The maximum atomic E-state index is 12.2. The Kier molecular flexibility index (Phi) is 7.74. The number of imidazole rings is 1. The lowest BCUT2D eigenvalue weighted by molar-refractivity contribution is 0.108. The number of aliphatic hydroxyl groups excluding tert-OH is 1. The summed E-state index contributed by atoms with van der Waals surface area (Å²) in [6.45, 7) is 4.25. The van der Waals surface area contributed by atoms with Crippen LogP contribution in [0.25, 0.3) is 11.0 Å². The van der Waals surface area contributed by atoms with Crippen LogP contribution in [0.15, 0.2) is 77.6 Å². The van der Waals surface area contributed by atoms with Crippen LogP contribution in [0.3, 0.4) is 0 Å². The number of nitrogens with one attached hydrogen (secondary N) is 1. The van der Waals surface area contributed by atoms with Crippen LogP contribution in [0.5, 0.6) is 5.75 Å². The van der Waals surface area contributed by atoms with Crippen molar-refractivity contribution in [1.29, 1.82) is 0 Å². The minimum absolute atomic E-state index is 0.0824. The summed E-state index contributed by atoms with van der Waals surface area (Å²) in [5.74, 6) is 0.727. The van der Waals surface area contributed by atoms with Crippen molar-refractivity contribution in [2.75, 3.05) is 19.7 Å². The molecule has 0 radical (unpaired) electrons. The van der Waals surface area contributed by atoms with Gasteiger partial charge in [-0.1, -0.05) is 48.5 Å². The van der Waals surface area contributed by atoms with Gasteiger partial charge in [0, 0.05) is 33.2 Å². The van der Waals surface area contributed by atoms with E-state index in [1.54, 1.807) is 23.2 Å². The summed E-state index contributed by atoms with van der Waals surface area (Å²) >= 11 is 0. The van der Waals surface area contributed by atoms with Crippen molar-refractivity contribution in [2.24, 2.45) is 14.1 Å². The van der Waals surface area contributed by atoms with Gasteiger partial charge in [0.25, 0.3) is 0 Å². The topological polar surface area (TPSA) is 71.7 Å². The van der Waals surface area contributed by atoms with Gasteiger partial charge in [-0.3, -0.25) is 14.0 Å². The zero-order chi connectivity index (χ0) is 25.8. The summed E-state index contributed by atoms with van der Waals surface area (Å²) in [5.41, 5.74) is 4.88. The Bertz CT molecular complexity index is 1370. The summed E-state index contributed by atoms with van der Waals surface area (Å²) in [6, 6.07) is 24.9. The highest BCUT2D eigenvalue weighted by atomic mass is 16.5. The van der Waals surface area contributed by atoms with E-state index in [1.807, 2.05) is 30.3 Å². The number of nitrogens with zero attached hydrogens (tertiary/aromatic N) is 3. The average molecular weight is 501 g/mol. The van der Waals surface area contributed by atoms with Crippen molar-refractivity contribution in [3.63, 3.8) is 0 Å². The molecular weight excluding hydrogens is 464 g/mol. The van der Waals surface area contributed by atoms with Crippen molar-refractivity contribution in [3.05, 3.63) is 100.0 Å². The molecule has 0 bridgehead atoms.